The first-order chi connectivity index (χ1) is 16.6. The number of nitrogens with zero attached hydrogens (tertiary/aromatic N) is 5. The van der Waals surface area contributed by atoms with Crippen LogP contribution in [0.2, 0.25) is 0 Å². The Bertz CT molecular complexity index is 1040. The number of carbonyl (C=O) groups is 1. The number of carbonyl (C=O) groups excluding carboxylic acids is 1. The number of hydrogen-bond donors (Lipinski definition) is 2. The van der Waals surface area contributed by atoms with Crippen molar-refractivity contribution in [3.63, 3.8) is 0 Å². The van der Waals surface area contributed by atoms with Crippen molar-refractivity contribution in [2.75, 3.05) is 25.0 Å². The Morgan fingerprint density at radius 3 is 2.71 bits per heavy atom. The Balaban J connectivity index is 1.21. The smallest absolute Gasteiger partial charge is 0.387 e. The molecule has 0 aliphatic carbocycles. The van der Waals surface area contributed by atoms with Gasteiger partial charge in [-0.2, -0.15) is 24.2 Å². The molecule has 1 aromatic carbocycles. The number of alkyl halides is 2. The van der Waals surface area contributed by atoms with E-state index in [2.05, 4.69) is 35.4 Å². The fourth-order valence-electron chi connectivity index (χ4n) is 3.65. The average molecular weight is 473 g/mol. The summed E-state index contributed by atoms with van der Waals surface area (Å²) in [6, 6.07) is 6.37. The van der Waals surface area contributed by atoms with Crippen LogP contribution in [-0.2, 0) is 17.9 Å². The van der Waals surface area contributed by atoms with Crippen LogP contribution < -0.4 is 10.1 Å². The van der Waals surface area contributed by atoms with E-state index in [9.17, 15) is 13.6 Å². The Morgan fingerprint density at radius 1 is 1.21 bits per heavy atom. The minimum atomic E-state index is -2.87. The maximum atomic E-state index is 12.8. The van der Waals surface area contributed by atoms with Gasteiger partial charge in [-0.15, -0.1) is 0 Å². The molecule has 0 saturated carbocycles. The van der Waals surface area contributed by atoms with Gasteiger partial charge in [0.05, 0.1) is 25.0 Å². The first kappa shape index (κ1) is 23.5. The van der Waals surface area contributed by atoms with Crippen LogP contribution in [0, 0.1) is 5.92 Å². The molecule has 0 unspecified atom stereocenters. The van der Waals surface area contributed by atoms with Gasteiger partial charge in [-0.25, -0.2) is 9.97 Å². The standard InChI is InChI=1S/C22H25F2N7O3/c23-21(24)34-19-3-1-2-16(8-19)9-25-22-26-10-17(11-27-22)20(32)31-6-4-15(5-7-31)13-33-14-18-12-28-30-29-18/h1-3,8,10-12,15,21H,4-7,9,13-14H2,(H,25,26,27)(H,28,29,30). The largest absolute Gasteiger partial charge is 0.435 e. The number of rotatable bonds is 10. The highest BCUT2D eigenvalue weighted by atomic mass is 19.3. The molecule has 1 saturated heterocycles. The quantitative estimate of drug-likeness (QED) is 0.462. The van der Waals surface area contributed by atoms with Gasteiger partial charge in [0.1, 0.15) is 11.4 Å². The number of nitrogens with one attached hydrogen (secondary N) is 2. The molecule has 180 valence electrons. The number of H-pyrrole nitrogens is 1. The number of aromatic nitrogens is 5. The summed E-state index contributed by atoms with van der Waals surface area (Å²) in [5.74, 6) is 0.704. The number of amides is 1. The van der Waals surface area contributed by atoms with Crippen LogP contribution in [0.4, 0.5) is 14.7 Å². The monoisotopic (exact) mass is 473 g/mol. The molecule has 0 radical (unpaired) electrons. The molecule has 34 heavy (non-hydrogen) atoms. The summed E-state index contributed by atoms with van der Waals surface area (Å²) >= 11 is 0. The van der Waals surface area contributed by atoms with E-state index in [0.29, 0.717) is 50.3 Å². The summed E-state index contributed by atoms with van der Waals surface area (Å²) in [6.07, 6.45) is 6.33. The van der Waals surface area contributed by atoms with E-state index in [1.165, 1.54) is 24.5 Å². The lowest BCUT2D eigenvalue weighted by molar-refractivity contribution is -0.0498. The summed E-state index contributed by atoms with van der Waals surface area (Å²) < 4.78 is 34.8. The van der Waals surface area contributed by atoms with Gasteiger partial charge < -0.3 is 19.7 Å². The highest BCUT2D eigenvalue weighted by molar-refractivity contribution is 5.93. The molecule has 1 amide bonds. The van der Waals surface area contributed by atoms with Gasteiger partial charge in [0.25, 0.3) is 5.91 Å². The Hall–Kier alpha value is -3.67. The number of benzene rings is 1. The molecule has 0 atom stereocenters. The molecule has 0 bridgehead atoms. The molecular weight excluding hydrogens is 448 g/mol. The zero-order valence-corrected chi connectivity index (χ0v) is 18.4. The van der Waals surface area contributed by atoms with Crippen molar-refractivity contribution in [3.05, 3.63) is 59.7 Å². The lowest BCUT2D eigenvalue weighted by Crippen LogP contribution is -2.39. The van der Waals surface area contributed by atoms with Crippen molar-refractivity contribution < 1.29 is 23.0 Å². The molecule has 1 aliphatic heterocycles. The maximum absolute atomic E-state index is 12.8. The van der Waals surface area contributed by atoms with Crippen molar-refractivity contribution in [2.24, 2.45) is 5.92 Å². The molecule has 3 aromatic rings. The molecule has 0 spiro atoms. The van der Waals surface area contributed by atoms with Crippen LogP contribution in [0.25, 0.3) is 0 Å². The highest BCUT2D eigenvalue weighted by Crippen LogP contribution is 2.20. The lowest BCUT2D eigenvalue weighted by atomic mass is 9.97. The molecule has 2 N–H and O–H groups in total. The fourth-order valence-corrected chi connectivity index (χ4v) is 3.65. The molecule has 10 nitrogen and oxygen atoms in total. The van der Waals surface area contributed by atoms with Gasteiger partial charge in [0.2, 0.25) is 5.95 Å². The topological polar surface area (TPSA) is 118 Å². The predicted molar refractivity (Wildman–Crippen MR) is 117 cm³/mol. The Kier molecular flexibility index (Phi) is 7.91. The minimum absolute atomic E-state index is 0.0847. The average Bonchev–Trinajstić information content (AvgIpc) is 3.37. The first-order valence-corrected chi connectivity index (χ1v) is 10.9. The number of piperidine rings is 1. The third-order valence-corrected chi connectivity index (χ3v) is 5.44. The number of anilines is 1. The molecular formula is C22H25F2N7O3. The maximum Gasteiger partial charge on any atom is 0.387 e. The Labute approximate surface area is 194 Å². The van der Waals surface area contributed by atoms with Crippen molar-refractivity contribution in [1.82, 2.24) is 30.3 Å². The van der Waals surface area contributed by atoms with Crippen molar-refractivity contribution in [2.45, 2.75) is 32.6 Å². The van der Waals surface area contributed by atoms with Crippen LogP contribution in [0.3, 0.4) is 0 Å². The minimum Gasteiger partial charge on any atom is -0.435 e. The zero-order valence-electron chi connectivity index (χ0n) is 18.4. The lowest BCUT2D eigenvalue weighted by Gasteiger charge is -2.31. The third kappa shape index (κ3) is 6.67. The van der Waals surface area contributed by atoms with E-state index in [4.69, 9.17) is 4.74 Å². The highest BCUT2D eigenvalue weighted by Gasteiger charge is 2.24. The second kappa shape index (κ2) is 11.5. The van der Waals surface area contributed by atoms with Crippen LogP contribution in [0.15, 0.2) is 42.9 Å². The van der Waals surface area contributed by atoms with Crippen molar-refractivity contribution in [1.29, 1.82) is 0 Å². The van der Waals surface area contributed by atoms with Gasteiger partial charge >= 0.3 is 6.61 Å². The molecule has 3 heterocycles. The Morgan fingerprint density at radius 2 is 2.00 bits per heavy atom. The second-order valence-electron chi connectivity index (χ2n) is 7.89. The van der Waals surface area contributed by atoms with Gasteiger partial charge in [0, 0.05) is 32.0 Å². The van der Waals surface area contributed by atoms with E-state index in [1.54, 1.807) is 23.2 Å². The van der Waals surface area contributed by atoms with Crippen molar-refractivity contribution in [3.8, 4) is 5.75 Å². The molecule has 1 aliphatic rings. The van der Waals surface area contributed by atoms with Gasteiger partial charge in [-0.1, -0.05) is 12.1 Å². The van der Waals surface area contributed by atoms with E-state index in [0.717, 1.165) is 24.1 Å². The normalized spacial score (nSPS) is 14.4. The summed E-state index contributed by atoms with van der Waals surface area (Å²) in [7, 11) is 0. The number of ether oxygens (including phenoxy) is 2. The molecule has 12 heteroatoms. The number of halogens is 2. The SMILES string of the molecule is O=C(c1cnc(NCc2cccc(OC(F)F)c2)nc1)N1CCC(COCc2cn[nH]n2)CC1. The zero-order chi connectivity index (χ0) is 23.8. The van der Waals surface area contributed by atoms with Crippen LogP contribution in [0.5, 0.6) is 5.75 Å². The number of hydrogen-bond acceptors (Lipinski definition) is 8. The summed E-state index contributed by atoms with van der Waals surface area (Å²) in [5, 5.41) is 13.3. The van der Waals surface area contributed by atoms with Crippen LogP contribution in [-0.4, -0.2) is 62.5 Å². The van der Waals surface area contributed by atoms with Gasteiger partial charge in [-0.3, -0.25) is 4.79 Å². The first-order valence-electron chi connectivity index (χ1n) is 10.9. The third-order valence-electron chi connectivity index (χ3n) is 5.44. The fraction of sp³-hybridized carbons (Fsp3) is 0.409. The van der Waals surface area contributed by atoms with Gasteiger partial charge in [-0.05, 0) is 36.5 Å². The van der Waals surface area contributed by atoms with E-state index < -0.39 is 6.61 Å². The predicted octanol–water partition coefficient (Wildman–Crippen LogP) is 2.88. The van der Waals surface area contributed by atoms with Gasteiger partial charge in [0.15, 0.2) is 0 Å². The van der Waals surface area contributed by atoms with E-state index in [-0.39, 0.29) is 11.7 Å². The summed E-state index contributed by atoms with van der Waals surface area (Å²) in [4.78, 5) is 23.0. The summed E-state index contributed by atoms with van der Waals surface area (Å²) in [5.41, 5.74) is 1.91. The van der Waals surface area contributed by atoms with Crippen molar-refractivity contribution >= 4 is 11.9 Å². The second-order valence-corrected chi connectivity index (χ2v) is 7.89. The van der Waals surface area contributed by atoms with E-state index >= 15 is 0 Å². The molecule has 1 fully saturated rings. The molecule has 4 rings (SSSR count). The molecule has 2 aromatic heterocycles. The summed E-state index contributed by atoms with van der Waals surface area (Å²) in [6.45, 7) is -0.222. The van der Waals surface area contributed by atoms with Crippen LogP contribution in [0.1, 0.15) is 34.5 Å². The van der Waals surface area contributed by atoms with E-state index in [1.807, 2.05) is 0 Å². The number of aromatic amines is 1. The van der Waals surface area contributed by atoms with Crippen LogP contribution >= 0.6 is 0 Å². The number of likely N-dealkylation sites (tertiary alicyclic amines) is 1.